The number of aryl methyl sites for hydroxylation is 2. The van der Waals surface area contributed by atoms with Gasteiger partial charge in [0.1, 0.15) is 17.8 Å². The van der Waals surface area contributed by atoms with Crippen molar-refractivity contribution in [2.24, 2.45) is 5.92 Å². The van der Waals surface area contributed by atoms with Crippen LogP contribution in [-0.2, 0) is 27.5 Å². The second-order valence-corrected chi connectivity index (χ2v) is 8.26. The van der Waals surface area contributed by atoms with E-state index in [2.05, 4.69) is 10.8 Å². The first-order chi connectivity index (χ1) is 14.7. The molecular weight excluding hydrogens is 396 g/mol. The molecule has 2 aromatic carbocycles. The van der Waals surface area contributed by atoms with Gasteiger partial charge in [0.2, 0.25) is 5.91 Å². The van der Waals surface area contributed by atoms with Crippen molar-refractivity contribution in [3.05, 3.63) is 64.7 Å². The van der Waals surface area contributed by atoms with Gasteiger partial charge in [0.15, 0.2) is 0 Å². The summed E-state index contributed by atoms with van der Waals surface area (Å²) in [6.45, 7) is 7.77. The number of rotatable bonds is 11. The van der Waals surface area contributed by atoms with E-state index in [0.29, 0.717) is 17.5 Å². The summed E-state index contributed by atoms with van der Waals surface area (Å²) < 4.78 is 0. The first-order valence-electron chi connectivity index (χ1n) is 10.4. The molecule has 4 N–H and O–H groups in total. The Kier molecular flexibility index (Phi) is 9.03. The first-order valence-corrected chi connectivity index (χ1v) is 10.4. The van der Waals surface area contributed by atoms with Gasteiger partial charge in [-0.25, -0.2) is 4.79 Å². The normalized spacial score (nSPS) is 13.1. The van der Waals surface area contributed by atoms with Gasteiger partial charge in [-0.1, -0.05) is 56.3 Å². The van der Waals surface area contributed by atoms with Crippen molar-refractivity contribution in [3.63, 3.8) is 0 Å². The predicted molar refractivity (Wildman–Crippen MR) is 118 cm³/mol. The molecule has 0 spiro atoms. The summed E-state index contributed by atoms with van der Waals surface area (Å²) >= 11 is 0. The molecule has 0 bridgehead atoms. The lowest BCUT2D eigenvalue weighted by Gasteiger charge is -2.23. The number of phenolic OH excluding ortho intramolecular Hbond substituents is 1. The van der Waals surface area contributed by atoms with Crippen molar-refractivity contribution in [3.8, 4) is 5.75 Å². The molecule has 0 aliphatic heterocycles. The van der Waals surface area contributed by atoms with E-state index in [1.807, 2.05) is 44.2 Å². The van der Waals surface area contributed by atoms with Crippen LogP contribution in [0.15, 0.2) is 42.5 Å². The number of aliphatic carboxylic acids is 1. The lowest BCUT2D eigenvalue weighted by molar-refractivity contribution is -0.143. The first kappa shape index (κ1) is 24.4. The van der Waals surface area contributed by atoms with E-state index >= 15 is 0 Å². The van der Waals surface area contributed by atoms with Gasteiger partial charge in [0, 0.05) is 6.42 Å². The maximum absolute atomic E-state index is 12.9. The summed E-state index contributed by atoms with van der Waals surface area (Å²) in [7, 11) is 0. The topological polar surface area (TPSA) is 108 Å². The molecule has 0 heterocycles. The van der Waals surface area contributed by atoms with E-state index in [1.165, 1.54) is 0 Å². The minimum atomic E-state index is -1.12. The van der Waals surface area contributed by atoms with Gasteiger partial charge in [-0.15, -0.1) is 0 Å². The second-order valence-electron chi connectivity index (χ2n) is 8.26. The zero-order chi connectivity index (χ0) is 23.0. The summed E-state index contributed by atoms with van der Waals surface area (Å²) in [4.78, 5) is 30.2. The van der Waals surface area contributed by atoms with E-state index in [1.54, 1.807) is 26.0 Å². The molecule has 2 aromatic rings. The molecule has 0 unspecified atom stereocenters. The van der Waals surface area contributed by atoms with E-state index in [4.69, 9.17) is 4.84 Å². The molecule has 0 aromatic heterocycles. The molecule has 0 saturated carbocycles. The van der Waals surface area contributed by atoms with E-state index in [0.717, 1.165) is 11.1 Å². The molecule has 7 nitrogen and oxygen atoms in total. The highest BCUT2D eigenvalue weighted by atomic mass is 16.6. The fraction of sp³-hybridized carbons (Fsp3) is 0.417. The molecule has 2 rings (SSSR count). The lowest BCUT2D eigenvalue weighted by atomic mass is 9.99. The maximum Gasteiger partial charge on any atom is 0.326 e. The summed E-state index contributed by atoms with van der Waals surface area (Å²) in [5.74, 6) is -1.16. The van der Waals surface area contributed by atoms with Gasteiger partial charge in [0.05, 0.1) is 6.61 Å². The van der Waals surface area contributed by atoms with Crippen LogP contribution in [-0.4, -0.2) is 34.2 Å². The number of carbonyl (C=O) groups is 2. The standard InChI is InChI=1S/C24H32N2O5/c1-15(2)10-20(26-31-14-18-8-6-5-7-9-18)23(28)25-21(24(29)30)13-19-11-16(3)22(27)17(4)12-19/h5-9,11-12,15,20-21,26-27H,10,13-14H2,1-4H3,(H,25,28)(H,29,30)/t20-,21-/m0/s1. The van der Waals surface area contributed by atoms with Crippen LogP contribution in [0.25, 0.3) is 0 Å². The zero-order valence-corrected chi connectivity index (χ0v) is 18.5. The van der Waals surface area contributed by atoms with Crippen molar-refractivity contribution in [1.82, 2.24) is 10.8 Å². The predicted octanol–water partition coefficient (Wildman–Crippen LogP) is 3.26. The Balaban J connectivity index is 2.04. The molecule has 0 aliphatic rings. The van der Waals surface area contributed by atoms with Crippen LogP contribution in [0.2, 0.25) is 0 Å². The Morgan fingerprint density at radius 2 is 1.61 bits per heavy atom. The number of aromatic hydroxyl groups is 1. The van der Waals surface area contributed by atoms with Crippen LogP contribution in [0, 0.1) is 19.8 Å². The van der Waals surface area contributed by atoms with E-state index in [-0.39, 0.29) is 24.7 Å². The molecule has 31 heavy (non-hydrogen) atoms. The van der Waals surface area contributed by atoms with E-state index in [9.17, 15) is 19.8 Å². The number of nitrogens with one attached hydrogen (secondary N) is 2. The van der Waals surface area contributed by atoms with Gasteiger partial charge < -0.3 is 15.5 Å². The van der Waals surface area contributed by atoms with Crippen molar-refractivity contribution < 1.29 is 24.6 Å². The molecule has 7 heteroatoms. The van der Waals surface area contributed by atoms with Crippen LogP contribution in [0.5, 0.6) is 5.75 Å². The Bertz CT molecular complexity index is 860. The molecule has 0 aliphatic carbocycles. The molecule has 168 valence electrons. The smallest absolute Gasteiger partial charge is 0.326 e. The number of phenols is 1. The average molecular weight is 429 g/mol. The average Bonchev–Trinajstić information content (AvgIpc) is 2.71. The number of carboxylic acids is 1. The van der Waals surface area contributed by atoms with Crippen molar-refractivity contribution >= 4 is 11.9 Å². The van der Waals surface area contributed by atoms with Crippen molar-refractivity contribution in [1.29, 1.82) is 0 Å². The quantitative estimate of drug-likeness (QED) is 0.409. The highest BCUT2D eigenvalue weighted by Crippen LogP contribution is 2.23. The SMILES string of the molecule is Cc1cc(C[C@H](NC(=O)[C@H](CC(C)C)NOCc2ccccc2)C(=O)O)cc(C)c1O. The minimum absolute atomic E-state index is 0.113. The summed E-state index contributed by atoms with van der Waals surface area (Å²) in [6, 6.07) is 11.2. The summed E-state index contributed by atoms with van der Waals surface area (Å²) in [5.41, 5.74) is 5.82. The van der Waals surface area contributed by atoms with E-state index < -0.39 is 24.0 Å². The molecule has 1 amide bonds. The van der Waals surface area contributed by atoms with Crippen LogP contribution < -0.4 is 10.8 Å². The number of hydroxylamine groups is 1. The Labute approximate surface area is 183 Å². The van der Waals surface area contributed by atoms with Gasteiger partial charge in [-0.05, 0) is 48.4 Å². The number of hydrogen-bond acceptors (Lipinski definition) is 5. The van der Waals surface area contributed by atoms with Gasteiger partial charge >= 0.3 is 5.97 Å². The number of amides is 1. The van der Waals surface area contributed by atoms with Crippen molar-refractivity contribution in [2.75, 3.05) is 0 Å². The van der Waals surface area contributed by atoms with Gasteiger partial charge in [-0.3, -0.25) is 9.63 Å². The third-order valence-corrected chi connectivity index (χ3v) is 4.94. The number of carboxylic acid groups (broad SMARTS) is 1. The maximum atomic E-state index is 12.9. The largest absolute Gasteiger partial charge is 0.507 e. The summed E-state index contributed by atoms with van der Waals surface area (Å²) in [6.07, 6.45) is 0.604. The fourth-order valence-electron chi connectivity index (χ4n) is 3.35. The third kappa shape index (κ3) is 7.70. The molecular formula is C24H32N2O5. The lowest BCUT2D eigenvalue weighted by Crippen LogP contribution is -2.51. The highest BCUT2D eigenvalue weighted by Gasteiger charge is 2.26. The number of carbonyl (C=O) groups excluding carboxylic acids is 1. The Morgan fingerprint density at radius 1 is 1.00 bits per heavy atom. The number of benzene rings is 2. The van der Waals surface area contributed by atoms with Crippen LogP contribution in [0.1, 0.15) is 42.5 Å². The fourth-order valence-corrected chi connectivity index (χ4v) is 3.35. The zero-order valence-electron chi connectivity index (χ0n) is 18.5. The Morgan fingerprint density at radius 3 is 2.16 bits per heavy atom. The van der Waals surface area contributed by atoms with Gasteiger partial charge in [0.25, 0.3) is 0 Å². The van der Waals surface area contributed by atoms with Gasteiger partial charge in [-0.2, -0.15) is 5.48 Å². The molecule has 0 fully saturated rings. The summed E-state index contributed by atoms with van der Waals surface area (Å²) in [5, 5.41) is 22.2. The monoisotopic (exact) mass is 428 g/mol. The molecule has 0 radical (unpaired) electrons. The molecule has 2 atom stereocenters. The van der Waals surface area contributed by atoms with Crippen LogP contribution in [0.4, 0.5) is 0 Å². The minimum Gasteiger partial charge on any atom is -0.507 e. The van der Waals surface area contributed by atoms with Crippen LogP contribution >= 0.6 is 0 Å². The third-order valence-electron chi connectivity index (χ3n) is 4.94. The second kappa shape index (κ2) is 11.5. The van der Waals surface area contributed by atoms with Crippen molar-refractivity contribution in [2.45, 2.75) is 59.2 Å². The highest BCUT2D eigenvalue weighted by molar-refractivity contribution is 5.87. The number of hydrogen-bond donors (Lipinski definition) is 4. The molecule has 0 saturated heterocycles. The Hall–Kier alpha value is -2.90. The van der Waals surface area contributed by atoms with Crippen LogP contribution in [0.3, 0.4) is 0 Å².